The minimum absolute atomic E-state index is 0.0696. The number of nitrogens with one attached hydrogen (secondary N) is 1. The molecule has 0 bridgehead atoms. The lowest BCUT2D eigenvalue weighted by Gasteiger charge is -2.28. The Kier molecular flexibility index (Phi) is 8.00. The van der Waals surface area contributed by atoms with Gasteiger partial charge in [-0.25, -0.2) is 8.42 Å². The first-order valence-electron chi connectivity index (χ1n) is 10.5. The molecule has 2 aromatic carbocycles. The number of nitrogens with zero attached hydrogens (tertiary/aromatic N) is 2. The summed E-state index contributed by atoms with van der Waals surface area (Å²) in [5.41, 5.74) is 2.37. The number of rotatable bonds is 9. The lowest BCUT2D eigenvalue weighted by Crippen LogP contribution is -2.39. The average molecular weight is 460 g/mol. The van der Waals surface area contributed by atoms with Gasteiger partial charge in [-0.1, -0.05) is 30.3 Å². The van der Waals surface area contributed by atoms with Gasteiger partial charge in [-0.15, -0.1) is 0 Å². The molecular formula is C23H29N3O5S. The van der Waals surface area contributed by atoms with E-state index in [9.17, 15) is 18.0 Å². The molecule has 0 aliphatic carbocycles. The minimum atomic E-state index is -3.76. The van der Waals surface area contributed by atoms with Crippen LogP contribution in [-0.4, -0.2) is 69.8 Å². The van der Waals surface area contributed by atoms with Gasteiger partial charge in [0.2, 0.25) is 15.9 Å². The maximum Gasteiger partial charge on any atom is 0.254 e. The number of benzene rings is 2. The van der Waals surface area contributed by atoms with E-state index in [1.165, 1.54) is 28.4 Å². The van der Waals surface area contributed by atoms with Crippen LogP contribution in [0.4, 0.5) is 0 Å². The van der Waals surface area contributed by atoms with Crippen LogP contribution in [0.25, 0.3) is 0 Å². The Hall–Kier alpha value is -2.75. The Morgan fingerprint density at radius 3 is 2.62 bits per heavy atom. The average Bonchev–Trinajstić information content (AvgIpc) is 2.81. The Bertz CT molecular complexity index is 1070. The van der Waals surface area contributed by atoms with Crippen LogP contribution in [0.1, 0.15) is 27.9 Å². The predicted octanol–water partition coefficient (Wildman–Crippen LogP) is 1.66. The number of sulfonamides is 1. The number of amides is 2. The van der Waals surface area contributed by atoms with Crippen molar-refractivity contribution in [2.75, 3.05) is 40.4 Å². The topological polar surface area (TPSA) is 96.0 Å². The Morgan fingerprint density at radius 2 is 1.88 bits per heavy atom. The zero-order valence-electron chi connectivity index (χ0n) is 18.4. The summed E-state index contributed by atoms with van der Waals surface area (Å²) in [4.78, 5) is 26.2. The van der Waals surface area contributed by atoms with E-state index in [2.05, 4.69) is 5.32 Å². The van der Waals surface area contributed by atoms with Crippen molar-refractivity contribution in [2.24, 2.45) is 0 Å². The van der Waals surface area contributed by atoms with Crippen LogP contribution in [0.3, 0.4) is 0 Å². The fourth-order valence-corrected chi connectivity index (χ4v) is 5.09. The number of hydrogen-bond donors (Lipinski definition) is 1. The molecule has 0 atom stereocenters. The third-order valence-electron chi connectivity index (χ3n) is 5.39. The lowest BCUT2D eigenvalue weighted by molar-refractivity contribution is -0.121. The van der Waals surface area contributed by atoms with E-state index in [-0.39, 0.29) is 22.9 Å². The molecule has 32 heavy (non-hydrogen) atoms. The zero-order chi connectivity index (χ0) is 23.1. The van der Waals surface area contributed by atoms with Crippen molar-refractivity contribution < 1.29 is 22.7 Å². The first-order chi connectivity index (χ1) is 15.3. The molecule has 0 unspecified atom stereocenters. The van der Waals surface area contributed by atoms with Gasteiger partial charge in [-0.2, -0.15) is 4.31 Å². The summed E-state index contributed by atoms with van der Waals surface area (Å²) < 4.78 is 32.8. The van der Waals surface area contributed by atoms with Crippen molar-refractivity contribution in [3.8, 4) is 0 Å². The number of hydrogen-bond acceptors (Lipinski definition) is 5. The summed E-state index contributed by atoms with van der Waals surface area (Å²) >= 11 is 0. The number of carbonyl (C=O) groups is 2. The molecule has 3 rings (SSSR count). The van der Waals surface area contributed by atoms with Crippen LogP contribution >= 0.6 is 0 Å². The summed E-state index contributed by atoms with van der Waals surface area (Å²) in [6.07, 6.45) is 1.33. The number of methoxy groups -OCH3 is 1. The molecule has 0 fully saturated rings. The maximum atomic E-state index is 13.2. The van der Waals surface area contributed by atoms with Crippen LogP contribution in [-0.2, 0) is 32.5 Å². The molecule has 2 amide bonds. The largest absolute Gasteiger partial charge is 0.385 e. The molecule has 2 aromatic rings. The monoisotopic (exact) mass is 459 g/mol. The Balaban J connectivity index is 1.68. The van der Waals surface area contributed by atoms with Gasteiger partial charge in [-0.05, 0) is 42.2 Å². The predicted molar refractivity (Wildman–Crippen MR) is 121 cm³/mol. The standard InChI is InChI=1S/C23H29N3O5S/c1-25(17-22(27)24-12-6-14-31-2)23(28)19-9-5-10-21(15-19)32(29,30)26-13-11-18-7-3-4-8-20(18)16-26/h3-5,7-10,15H,6,11-14,16-17H2,1-2H3,(H,24,27). The molecule has 1 aliphatic rings. The number of likely N-dealkylation sites (N-methyl/N-ethyl adjacent to an activating group) is 1. The summed E-state index contributed by atoms with van der Waals surface area (Å²) in [7, 11) is -0.652. The van der Waals surface area contributed by atoms with Gasteiger partial charge in [-0.3, -0.25) is 9.59 Å². The van der Waals surface area contributed by atoms with Crippen LogP contribution in [0.5, 0.6) is 0 Å². The van der Waals surface area contributed by atoms with Gasteiger partial charge < -0.3 is 15.0 Å². The van der Waals surface area contributed by atoms with Crippen LogP contribution < -0.4 is 5.32 Å². The van der Waals surface area contributed by atoms with Gasteiger partial charge in [0.05, 0.1) is 11.4 Å². The number of fused-ring (bicyclic) bond motifs is 1. The number of ether oxygens (including phenoxy) is 1. The van der Waals surface area contributed by atoms with Crippen molar-refractivity contribution in [3.05, 3.63) is 65.2 Å². The summed E-state index contributed by atoms with van der Waals surface area (Å²) in [5.74, 6) is -0.703. The molecule has 0 spiro atoms. The molecule has 1 N–H and O–H groups in total. The van der Waals surface area contributed by atoms with E-state index in [0.29, 0.717) is 39.1 Å². The molecular weight excluding hydrogens is 430 g/mol. The molecule has 9 heteroatoms. The fraction of sp³-hybridized carbons (Fsp3) is 0.391. The van der Waals surface area contributed by atoms with Gasteiger partial charge >= 0.3 is 0 Å². The van der Waals surface area contributed by atoms with Gasteiger partial charge in [0.1, 0.15) is 0 Å². The minimum Gasteiger partial charge on any atom is -0.385 e. The second kappa shape index (κ2) is 10.7. The zero-order valence-corrected chi connectivity index (χ0v) is 19.2. The highest BCUT2D eigenvalue weighted by Gasteiger charge is 2.29. The second-order valence-corrected chi connectivity index (χ2v) is 9.68. The summed E-state index contributed by atoms with van der Waals surface area (Å²) in [6.45, 7) is 1.58. The molecule has 0 saturated carbocycles. The third kappa shape index (κ3) is 5.73. The van der Waals surface area contributed by atoms with Crippen molar-refractivity contribution in [1.82, 2.24) is 14.5 Å². The normalized spacial score (nSPS) is 13.9. The SMILES string of the molecule is COCCCNC(=O)CN(C)C(=O)c1cccc(S(=O)(=O)N2CCc3ccccc3C2)c1. The van der Waals surface area contributed by atoms with Crippen molar-refractivity contribution in [2.45, 2.75) is 24.3 Å². The molecule has 1 aliphatic heterocycles. The van der Waals surface area contributed by atoms with Gasteiger partial charge in [0.15, 0.2) is 0 Å². The van der Waals surface area contributed by atoms with Crippen LogP contribution in [0.15, 0.2) is 53.4 Å². The molecule has 1 heterocycles. The Labute approximate surface area is 189 Å². The van der Waals surface area contributed by atoms with E-state index in [1.807, 2.05) is 24.3 Å². The molecule has 8 nitrogen and oxygen atoms in total. The molecule has 0 saturated heterocycles. The highest BCUT2D eigenvalue weighted by Crippen LogP contribution is 2.25. The quantitative estimate of drug-likeness (QED) is 0.576. The molecule has 0 aromatic heterocycles. The highest BCUT2D eigenvalue weighted by molar-refractivity contribution is 7.89. The second-order valence-electron chi connectivity index (χ2n) is 7.74. The van der Waals surface area contributed by atoms with E-state index < -0.39 is 15.9 Å². The first kappa shape index (κ1) is 23.9. The fourth-order valence-electron chi connectivity index (χ4n) is 3.62. The lowest BCUT2D eigenvalue weighted by atomic mass is 10.0. The van der Waals surface area contributed by atoms with Gasteiger partial charge in [0, 0.05) is 46.0 Å². The van der Waals surface area contributed by atoms with Crippen molar-refractivity contribution >= 4 is 21.8 Å². The molecule has 0 radical (unpaired) electrons. The van der Waals surface area contributed by atoms with E-state index >= 15 is 0 Å². The third-order valence-corrected chi connectivity index (χ3v) is 7.23. The van der Waals surface area contributed by atoms with Gasteiger partial charge in [0.25, 0.3) is 5.91 Å². The molecule has 172 valence electrons. The highest BCUT2D eigenvalue weighted by atomic mass is 32.2. The van der Waals surface area contributed by atoms with Crippen LogP contribution in [0.2, 0.25) is 0 Å². The van der Waals surface area contributed by atoms with E-state index in [0.717, 1.165) is 11.1 Å². The summed E-state index contributed by atoms with van der Waals surface area (Å²) in [6, 6.07) is 13.8. The first-order valence-corrected chi connectivity index (χ1v) is 11.9. The van der Waals surface area contributed by atoms with Crippen molar-refractivity contribution in [3.63, 3.8) is 0 Å². The Morgan fingerprint density at radius 1 is 1.12 bits per heavy atom. The maximum absolute atomic E-state index is 13.2. The van der Waals surface area contributed by atoms with E-state index in [1.54, 1.807) is 19.2 Å². The smallest absolute Gasteiger partial charge is 0.254 e. The van der Waals surface area contributed by atoms with Crippen molar-refractivity contribution in [1.29, 1.82) is 0 Å². The number of carbonyl (C=O) groups excluding carboxylic acids is 2. The van der Waals surface area contributed by atoms with E-state index in [4.69, 9.17) is 4.74 Å². The van der Waals surface area contributed by atoms with Crippen LogP contribution in [0, 0.1) is 0 Å². The summed E-state index contributed by atoms with van der Waals surface area (Å²) in [5, 5.41) is 2.73.